The van der Waals surface area contributed by atoms with Crippen molar-refractivity contribution < 1.29 is 4.57 Å². The van der Waals surface area contributed by atoms with Crippen molar-refractivity contribution in [2.75, 3.05) is 0 Å². The molecule has 3 rings (SSSR count). The summed E-state index contributed by atoms with van der Waals surface area (Å²) >= 11 is 3.48. The first-order valence-corrected chi connectivity index (χ1v) is 5.59. The van der Waals surface area contributed by atoms with Crippen LogP contribution in [0.15, 0.2) is 41.1 Å². The summed E-state index contributed by atoms with van der Waals surface area (Å²) in [7, 11) is 2.03. The van der Waals surface area contributed by atoms with E-state index in [1.165, 1.54) is 21.8 Å². The predicted molar refractivity (Wildman–Crippen MR) is 64.7 cm³/mol. The van der Waals surface area contributed by atoms with Gasteiger partial charge in [0.25, 0.3) is 0 Å². The lowest BCUT2D eigenvalue weighted by atomic mass is 10.2. The number of halogens is 1. The third-order valence-electron chi connectivity index (χ3n) is 2.64. The Kier molecular flexibility index (Phi) is 1.83. The van der Waals surface area contributed by atoms with Crippen molar-refractivity contribution in [3.63, 3.8) is 0 Å². The Balaban J connectivity index is 2.51. The maximum Gasteiger partial charge on any atom is 0.192 e. The average Bonchev–Trinajstić information content (AvgIpc) is 2.53. The fraction of sp³-hybridized carbons (Fsp3) is 0.0833. The minimum absolute atomic E-state index is 1.10. The molecule has 0 radical (unpaired) electrons. The first-order valence-electron chi connectivity index (χ1n) is 4.80. The van der Waals surface area contributed by atoms with Crippen molar-refractivity contribution in [2.24, 2.45) is 7.05 Å². The van der Waals surface area contributed by atoms with Gasteiger partial charge in [0, 0.05) is 26.8 Å². The summed E-state index contributed by atoms with van der Waals surface area (Å²) in [6.45, 7) is 0. The first kappa shape index (κ1) is 8.92. The molecular formula is C12H10BrN2+. The maximum atomic E-state index is 3.48. The summed E-state index contributed by atoms with van der Waals surface area (Å²) in [5, 5.41) is 2.55. The van der Waals surface area contributed by atoms with Gasteiger partial charge in [0.2, 0.25) is 0 Å². The normalized spacial score (nSPS) is 11.3. The van der Waals surface area contributed by atoms with Gasteiger partial charge < -0.3 is 4.98 Å². The van der Waals surface area contributed by atoms with Crippen LogP contribution in [0.3, 0.4) is 0 Å². The van der Waals surface area contributed by atoms with Gasteiger partial charge in [0.1, 0.15) is 12.6 Å². The number of hydrogen-bond donors (Lipinski definition) is 1. The molecule has 15 heavy (non-hydrogen) atoms. The number of nitrogens with zero attached hydrogens (tertiary/aromatic N) is 1. The largest absolute Gasteiger partial charge is 0.350 e. The van der Waals surface area contributed by atoms with E-state index in [0.717, 1.165) is 4.47 Å². The zero-order valence-electron chi connectivity index (χ0n) is 8.29. The topological polar surface area (TPSA) is 19.7 Å². The monoisotopic (exact) mass is 261 g/mol. The Bertz CT molecular complexity index is 599. The van der Waals surface area contributed by atoms with Crippen LogP contribution in [0, 0.1) is 0 Å². The molecule has 2 heterocycles. The van der Waals surface area contributed by atoms with E-state index < -0.39 is 0 Å². The Labute approximate surface area is 95.7 Å². The SMILES string of the molecule is C[n+]1ccc2c(c1)[nH]c1cc(Br)ccc12. The molecule has 0 aliphatic carbocycles. The summed E-state index contributed by atoms with van der Waals surface area (Å²) in [5.74, 6) is 0. The van der Waals surface area contributed by atoms with E-state index in [-0.39, 0.29) is 0 Å². The van der Waals surface area contributed by atoms with Crippen LogP contribution in [0.4, 0.5) is 0 Å². The highest BCUT2D eigenvalue weighted by Crippen LogP contribution is 2.26. The van der Waals surface area contributed by atoms with Gasteiger partial charge in [-0.2, -0.15) is 0 Å². The fourth-order valence-electron chi connectivity index (χ4n) is 1.93. The molecule has 0 bridgehead atoms. The lowest BCUT2D eigenvalue weighted by molar-refractivity contribution is -0.670. The average molecular weight is 262 g/mol. The van der Waals surface area contributed by atoms with E-state index in [2.05, 4.69) is 57.6 Å². The van der Waals surface area contributed by atoms with Gasteiger partial charge in [-0.05, 0) is 12.1 Å². The van der Waals surface area contributed by atoms with Crippen LogP contribution >= 0.6 is 15.9 Å². The van der Waals surface area contributed by atoms with Crippen molar-refractivity contribution in [3.8, 4) is 0 Å². The van der Waals surface area contributed by atoms with Crippen LogP contribution in [0.25, 0.3) is 21.8 Å². The highest BCUT2D eigenvalue weighted by Gasteiger charge is 2.06. The van der Waals surface area contributed by atoms with Crippen LogP contribution in [-0.4, -0.2) is 4.98 Å². The van der Waals surface area contributed by atoms with Crippen molar-refractivity contribution in [2.45, 2.75) is 0 Å². The number of pyridine rings is 1. The fourth-order valence-corrected chi connectivity index (χ4v) is 2.29. The van der Waals surface area contributed by atoms with E-state index in [0.29, 0.717) is 0 Å². The molecule has 0 amide bonds. The van der Waals surface area contributed by atoms with Gasteiger partial charge in [-0.15, -0.1) is 0 Å². The molecule has 0 aliphatic rings. The second-order valence-corrected chi connectivity index (χ2v) is 4.67. The number of fused-ring (bicyclic) bond motifs is 3. The minimum Gasteiger partial charge on any atom is -0.350 e. The Morgan fingerprint density at radius 1 is 1.13 bits per heavy atom. The summed E-state index contributed by atoms with van der Waals surface area (Å²) in [6, 6.07) is 8.46. The number of benzene rings is 1. The molecule has 0 unspecified atom stereocenters. The molecule has 3 heteroatoms. The summed E-state index contributed by atoms with van der Waals surface area (Å²) < 4.78 is 3.15. The molecule has 3 aromatic rings. The highest BCUT2D eigenvalue weighted by atomic mass is 79.9. The number of aromatic nitrogens is 2. The van der Waals surface area contributed by atoms with E-state index in [1.54, 1.807) is 0 Å². The maximum absolute atomic E-state index is 3.48. The second kappa shape index (κ2) is 3.07. The third-order valence-corrected chi connectivity index (χ3v) is 3.13. The lowest BCUT2D eigenvalue weighted by Gasteiger charge is -1.90. The van der Waals surface area contributed by atoms with Crippen LogP contribution in [0.1, 0.15) is 0 Å². The van der Waals surface area contributed by atoms with E-state index in [1.807, 2.05) is 11.6 Å². The Morgan fingerprint density at radius 3 is 2.80 bits per heavy atom. The van der Waals surface area contributed by atoms with Crippen molar-refractivity contribution >= 4 is 37.7 Å². The molecule has 2 nitrogen and oxygen atoms in total. The number of nitrogens with one attached hydrogen (secondary N) is 1. The highest BCUT2D eigenvalue weighted by molar-refractivity contribution is 9.10. The molecule has 2 aromatic heterocycles. The van der Waals surface area contributed by atoms with E-state index in [4.69, 9.17) is 0 Å². The first-order chi connectivity index (χ1) is 7.24. The summed E-state index contributed by atoms with van der Waals surface area (Å²) in [5.41, 5.74) is 2.35. The quantitative estimate of drug-likeness (QED) is 0.601. The van der Waals surface area contributed by atoms with Gasteiger partial charge in [-0.3, -0.25) is 0 Å². The molecular weight excluding hydrogens is 252 g/mol. The smallest absolute Gasteiger partial charge is 0.192 e. The molecule has 1 N–H and O–H groups in total. The molecule has 1 aromatic carbocycles. The van der Waals surface area contributed by atoms with E-state index in [9.17, 15) is 0 Å². The van der Waals surface area contributed by atoms with Crippen molar-refractivity contribution in [1.82, 2.24) is 4.98 Å². The lowest BCUT2D eigenvalue weighted by Crippen LogP contribution is -2.25. The zero-order valence-corrected chi connectivity index (χ0v) is 9.88. The second-order valence-electron chi connectivity index (χ2n) is 3.75. The Morgan fingerprint density at radius 2 is 1.93 bits per heavy atom. The molecule has 0 aliphatic heterocycles. The molecule has 0 spiro atoms. The molecule has 74 valence electrons. The van der Waals surface area contributed by atoms with Gasteiger partial charge in [-0.1, -0.05) is 22.0 Å². The molecule has 0 saturated carbocycles. The summed E-state index contributed by atoms with van der Waals surface area (Å²) in [4.78, 5) is 3.41. The van der Waals surface area contributed by atoms with Gasteiger partial charge in [-0.25, -0.2) is 4.57 Å². The van der Waals surface area contributed by atoms with Crippen LogP contribution in [0.5, 0.6) is 0 Å². The van der Waals surface area contributed by atoms with Crippen LogP contribution in [0.2, 0.25) is 0 Å². The predicted octanol–water partition coefficient (Wildman–Crippen LogP) is 2.91. The number of aromatic amines is 1. The third kappa shape index (κ3) is 1.35. The number of aryl methyl sites for hydroxylation is 1. The van der Waals surface area contributed by atoms with Gasteiger partial charge in [0.15, 0.2) is 12.4 Å². The Hall–Kier alpha value is -1.35. The van der Waals surface area contributed by atoms with E-state index >= 15 is 0 Å². The van der Waals surface area contributed by atoms with Gasteiger partial charge >= 0.3 is 0 Å². The number of hydrogen-bond acceptors (Lipinski definition) is 0. The molecule has 0 fully saturated rings. The number of rotatable bonds is 0. The number of H-pyrrole nitrogens is 1. The van der Waals surface area contributed by atoms with Crippen LogP contribution < -0.4 is 4.57 Å². The van der Waals surface area contributed by atoms with Crippen molar-refractivity contribution in [3.05, 3.63) is 41.1 Å². The van der Waals surface area contributed by atoms with Crippen LogP contribution in [-0.2, 0) is 7.05 Å². The summed E-state index contributed by atoms with van der Waals surface area (Å²) in [6.07, 6.45) is 4.17. The zero-order chi connectivity index (χ0) is 10.4. The molecule has 0 saturated heterocycles. The van der Waals surface area contributed by atoms with Gasteiger partial charge in [0.05, 0.1) is 0 Å². The van der Waals surface area contributed by atoms with Crippen molar-refractivity contribution in [1.29, 1.82) is 0 Å². The minimum atomic E-state index is 1.10. The molecule has 0 atom stereocenters. The standard InChI is InChI=1S/C12H9BrN2/c1-15-5-4-10-9-3-2-8(13)6-11(9)14-12(10)7-15/h2-7H,1H3/p+1.